The maximum Gasteiger partial charge on any atom is 0.225 e. The first-order chi connectivity index (χ1) is 16.9. The van der Waals surface area contributed by atoms with Crippen LogP contribution in [0, 0.1) is 5.92 Å². The summed E-state index contributed by atoms with van der Waals surface area (Å²) in [4.78, 5) is 39.2. The molecule has 1 heterocycles. The van der Waals surface area contributed by atoms with Gasteiger partial charge in [-0.2, -0.15) is 0 Å². The smallest absolute Gasteiger partial charge is 0.225 e. The Bertz CT molecular complexity index is 967. The summed E-state index contributed by atoms with van der Waals surface area (Å²) in [6.07, 6.45) is 2.77. The third-order valence-electron chi connectivity index (χ3n) is 6.61. The third-order valence-corrected chi connectivity index (χ3v) is 6.61. The van der Waals surface area contributed by atoms with Gasteiger partial charge in [-0.3, -0.25) is 14.4 Å². The number of carbonyl (C=O) groups excluding carboxylic acids is 3. The largest absolute Gasteiger partial charge is 0.399 e. The van der Waals surface area contributed by atoms with E-state index in [1.54, 1.807) is 24.1 Å². The molecule has 2 aromatic rings. The van der Waals surface area contributed by atoms with Crippen LogP contribution < -0.4 is 16.4 Å². The Labute approximate surface area is 207 Å². The predicted octanol–water partition coefficient (Wildman–Crippen LogP) is 2.27. The minimum Gasteiger partial charge on any atom is -0.399 e. The molecule has 2 aromatic carbocycles. The number of amides is 3. The normalized spacial score (nSPS) is 17.9. The quantitative estimate of drug-likeness (QED) is 0.319. The summed E-state index contributed by atoms with van der Waals surface area (Å²) in [5.41, 5.74) is 8.37. The van der Waals surface area contributed by atoms with Crippen molar-refractivity contribution in [2.24, 2.45) is 5.92 Å². The summed E-state index contributed by atoms with van der Waals surface area (Å²) < 4.78 is 5.68. The van der Waals surface area contributed by atoms with Crippen LogP contribution in [0.2, 0.25) is 0 Å². The van der Waals surface area contributed by atoms with Crippen molar-refractivity contribution >= 4 is 23.9 Å². The molecule has 8 heteroatoms. The van der Waals surface area contributed by atoms with Crippen LogP contribution in [0.25, 0.3) is 0 Å². The number of anilines is 1. The summed E-state index contributed by atoms with van der Waals surface area (Å²) in [5.74, 6) is -0.828. The van der Waals surface area contributed by atoms with Crippen molar-refractivity contribution in [1.82, 2.24) is 15.5 Å². The number of nitrogens with one attached hydrogen (secondary N) is 2. The van der Waals surface area contributed by atoms with Crippen molar-refractivity contribution in [3.05, 3.63) is 65.7 Å². The van der Waals surface area contributed by atoms with Gasteiger partial charge in [0.2, 0.25) is 18.2 Å². The molecule has 1 saturated heterocycles. The lowest BCUT2D eigenvalue weighted by molar-refractivity contribution is -0.134. The third kappa shape index (κ3) is 7.55. The molecule has 3 rings (SSSR count). The van der Waals surface area contributed by atoms with Gasteiger partial charge in [-0.05, 0) is 42.5 Å². The highest BCUT2D eigenvalue weighted by molar-refractivity contribution is 5.81. The standard InChI is InChI=1S/C27H36N4O4/c1-19(26(35-2)24-9-6-14-31(24)18-32)27(34)30-23(15-20-7-4-3-5-8-20)16-25(33)29-17-21-10-12-22(28)13-11-21/h3-5,7-8,10-13,18-19,23-24,26H,6,9,14-17,28H2,1-2H3,(H,29,33)(H,30,34). The molecule has 4 N–H and O–H groups in total. The van der Waals surface area contributed by atoms with Crippen molar-refractivity contribution < 1.29 is 19.1 Å². The maximum absolute atomic E-state index is 13.2. The van der Waals surface area contributed by atoms with Gasteiger partial charge in [-0.15, -0.1) is 0 Å². The van der Waals surface area contributed by atoms with Gasteiger partial charge in [0.1, 0.15) is 0 Å². The Hall–Kier alpha value is -3.39. The number of ether oxygens (including phenoxy) is 1. The number of hydrogen-bond acceptors (Lipinski definition) is 5. The van der Waals surface area contributed by atoms with Crippen LogP contribution in [-0.4, -0.2) is 55.0 Å². The lowest BCUT2D eigenvalue weighted by Crippen LogP contribution is -2.50. The number of nitrogens with two attached hydrogens (primary N) is 1. The number of carbonyl (C=O) groups is 3. The number of nitrogen functional groups attached to an aromatic ring is 1. The summed E-state index contributed by atoms with van der Waals surface area (Å²) in [5, 5.41) is 6.00. The minimum absolute atomic E-state index is 0.131. The Morgan fingerprint density at radius 1 is 1.14 bits per heavy atom. The van der Waals surface area contributed by atoms with E-state index < -0.39 is 12.0 Å². The molecule has 8 nitrogen and oxygen atoms in total. The minimum atomic E-state index is -0.485. The Balaban J connectivity index is 1.65. The number of benzene rings is 2. The van der Waals surface area contributed by atoms with E-state index in [2.05, 4.69) is 10.6 Å². The van der Waals surface area contributed by atoms with E-state index >= 15 is 0 Å². The molecular weight excluding hydrogens is 444 g/mol. The van der Waals surface area contributed by atoms with Crippen LogP contribution >= 0.6 is 0 Å². The molecule has 3 amide bonds. The van der Waals surface area contributed by atoms with E-state index in [1.165, 1.54) is 0 Å². The van der Waals surface area contributed by atoms with E-state index in [0.29, 0.717) is 25.2 Å². The van der Waals surface area contributed by atoms with Crippen molar-refractivity contribution in [3.8, 4) is 0 Å². The number of hydrogen-bond donors (Lipinski definition) is 3. The SMILES string of the molecule is COC(C(C)C(=O)NC(CC(=O)NCc1ccc(N)cc1)Cc1ccccc1)C1CCCN1C=O. The van der Waals surface area contributed by atoms with Crippen molar-refractivity contribution in [3.63, 3.8) is 0 Å². The second-order valence-corrected chi connectivity index (χ2v) is 9.16. The Morgan fingerprint density at radius 2 is 1.86 bits per heavy atom. The zero-order chi connectivity index (χ0) is 25.2. The molecule has 0 aliphatic carbocycles. The first kappa shape index (κ1) is 26.2. The van der Waals surface area contributed by atoms with Gasteiger partial charge >= 0.3 is 0 Å². The van der Waals surface area contributed by atoms with Crippen molar-refractivity contribution in [1.29, 1.82) is 0 Å². The van der Waals surface area contributed by atoms with E-state index in [4.69, 9.17) is 10.5 Å². The van der Waals surface area contributed by atoms with Crippen molar-refractivity contribution in [2.45, 2.75) is 57.3 Å². The van der Waals surface area contributed by atoms with Crippen LogP contribution in [0.5, 0.6) is 0 Å². The Kier molecular flexibility index (Phi) is 9.66. The number of likely N-dealkylation sites (tertiary alicyclic amines) is 1. The summed E-state index contributed by atoms with van der Waals surface area (Å²) >= 11 is 0. The fourth-order valence-electron chi connectivity index (χ4n) is 4.68. The average molecular weight is 481 g/mol. The average Bonchev–Trinajstić information content (AvgIpc) is 3.33. The molecule has 0 bridgehead atoms. The molecule has 1 aliphatic heterocycles. The molecule has 1 fully saturated rings. The molecule has 0 radical (unpaired) electrons. The lowest BCUT2D eigenvalue weighted by Gasteiger charge is -2.32. The highest BCUT2D eigenvalue weighted by Gasteiger charge is 2.37. The predicted molar refractivity (Wildman–Crippen MR) is 135 cm³/mol. The topological polar surface area (TPSA) is 114 Å². The monoisotopic (exact) mass is 480 g/mol. The summed E-state index contributed by atoms with van der Waals surface area (Å²) in [7, 11) is 1.57. The fourth-order valence-corrected chi connectivity index (χ4v) is 4.68. The van der Waals surface area contributed by atoms with Crippen LogP contribution in [0.15, 0.2) is 54.6 Å². The highest BCUT2D eigenvalue weighted by Crippen LogP contribution is 2.25. The van der Waals surface area contributed by atoms with E-state index in [-0.39, 0.29) is 30.3 Å². The summed E-state index contributed by atoms with van der Waals surface area (Å²) in [6, 6.07) is 16.6. The fraction of sp³-hybridized carbons (Fsp3) is 0.444. The first-order valence-corrected chi connectivity index (χ1v) is 12.1. The van der Waals surface area contributed by atoms with E-state index in [0.717, 1.165) is 30.4 Å². The van der Waals surface area contributed by atoms with Crippen LogP contribution in [0.3, 0.4) is 0 Å². The first-order valence-electron chi connectivity index (χ1n) is 12.1. The molecule has 0 aromatic heterocycles. The number of methoxy groups -OCH3 is 1. The highest BCUT2D eigenvalue weighted by atomic mass is 16.5. The van der Waals surface area contributed by atoms with Gasteiger partial charge in [0, 0.05) is 38.3 Å². The maximum atomic E-state index is 13.2. The lowest BCUT2D eigenvalue weighted by atomic mass is 9.94. The molecule has 188 valence electrons. The second kappa shape index (κ2) is 12.9. The van der Waals surface area contributed by atoms with Gasteiger partial charge in [0.25, 0.3) is 0 Å². The number of nitrogens with zero attached hydrogens (tertiary/aromatic N) is 1. The van der Waals surface area contributed by atoms with E-state index in [9.17, 15) is 14.4 Å². The second-order valence-electron chi connectivity index (χ2n) is 9.16. The molecule has 1 aliphatic rings. The summed E-state index contributed by atoms with van der Waals surface area (Å²) in [6.45, 7) is 2.87. The molecular formula is C27H36N4O4. The molecule has 4 atom stereocenters. The molecule has 4 unspecified atom stereocenters. The van der Waals surface area contributed by atoms with E-state index in [1.807, 2.05) is 49.4 Å². The van der Waals surface area contributed by atoms with Crippen molar-refractivity contribution in [2.75, 3.05) is 19.4 Å². The molecule has 0 spiro atoms. The molecule has 0 saturated carbocycles. The van der Waals surface area contributed by atoms with Gasteiger partial charge in [0.15, 0.2) is 0 Å². The van der Waals surface area contributed by atoms with Gasteiger partial charge in [-0.25, -0.2) is 0 Å². The molecule has 35 heavy (non-hydrogen) atoms. The van der Waals surface area contributed by atoms with Crippen LogP contribution in [0.1, 0.15) is 37.3 Å². The van der Waals surface area contributed by atoms with Gasteiger partial charge < -0.3 is 26.0 Å². The van der Waals surface area contributed by atoms with Gasteiger partial charge in [-0.1, -0.05) is 49.4 Å². The Morgan fingerprint density at radius 3 is 2.51 bits per heavy atom. The zero-order valence-electron chi connectivity index (χ0n) is 20.5. The van der Waals surface area contributed by atoms with Crippen LogP contribution in [-0.2, 0) is 32.1 Å². The number of rotatable bonds is 12. The van der Waals surface area contributed by atoms with Gasteiger partial charge in [0.05, 0.1) is 18.1 Å². The van der Waals surface area contributed by atoms with Crippen LogP contribution in [0.4, 0.5) is 5.69 Å². The zero-order valence-corrected chi connectivity index (χ0v) is 20.5.